The third-order valence-corrected chi connectivity index (χ3v) is 2.92. The van der Waals surface area contributed by atoms with Crippen LogP contribution in [-0.2, 0) is 4.74 Å². The predicted molar refractivity (Wildman–Crippen MR) is 52.3 cm³/mol. The van der Waals surface area contributed by atoms with E-state index in [9.17, 15) is 4.79 Å². The van der Waals surface area contributed by atoms with Gasteiger partial charge in [-0.25, -0.2) is 0 Å². The molecule has 0 saturated heterocycles. The molecule has 1 amide bonds. The number of carbonyl (C=O) groups is 1. The van der Waals surface area contributed by atoms with Crippen LogP contribution in [0.3, 0.4) is 0 Å². The van der Waals surface area contributed by atoms with Crippen molar-refractivity contribution in [2.45, 2.75) is 24.9 Å². The number of carbonyl (C=O) groups excluding carboxylic acids is 1. The van der Waals surface area contributed by atoms with Gasteiger partial charge in [0.1, 0.15) is 0 Å². The smallest absolute Gasteiger partial charge is 0.273 e. The minimum absolute atomic E-state index is 0.153. The molecule has 0 radical (unpaired) electrons. The van der Waals surface area contributed by atoms with Crippen LogP contribution in [0.2, 0.25) is 0 Å². The molecular formula is C9H14N4O2. The summed E-state index contributed by atoms with van der Waals surface area (Å²) < 4.78 is 5.38. The highest BCUT2D eigenvalue weighted by atomic mass is 16.5. The van der Waals surface area contributed by atoms with E-state index >= 15 is 0 Å². The molecule has 0 aromatic carbocycles. The Bertz CT molecular complexity index is 326. The molecule has 15 heavy (non-hydrogen) atoms. The number of methoxy groups -OCH3 is 1. The van der Waals surface area contributed by atoms with Crippen molar-refractivity contribution in [3.8, 4) is 0 Å². The molecule has 0 atom stereocenters. The van der Waals surface area contributed by atoms with E-state index < -0.39 is 0 Å². The third kappa shape index (κ3) is 1.99. The van der Waals surface area contributed by atoms with Crippen molar-refractivity contribution in [2.24, 2.45) is 0 Å². The molecule has 1 heterocycles. The first kappa shape index (κ1) is 10.1. The number of aromatic amines is 1. The third-order valence-electron chi connectivity index (χ3n) is 2.92. The summed E-state index contributed by atoms with van der Waals surface area (Å²) in [6.07, 6.45) is 4.56. The van der Waals surface area contributed by atoms with Crippen LogP contribution in [0.15, 0.2) is 6.20 Å². The number of rotatable bonds is 4. The van der Waals surface area contributed by atoms with Gasteiger partial charge in [0.05, 0.1) is 11.8 Å². The maximum absolute atomic E-state index is 11.5. The molecule has 2 rings (SSSR count). The number of amides is 1. The lowest BCUT2D eigenvalue weighted by molar-refractivity contribution is -0.0679. The van der Waals surface area contributed by atoms with Gasteiger partial charge < -0.3 is 10.1 Å². The molecule has 1 aliphatic carbocycles. The lowest BCUT2D eigenvalue weighted by atomic mass is 9.80. The van der Waals surface area contributed by atoms with Crippen LogP contribution < -0.4 is 5.32 Å². The average molecular weight is 210 g/mol. The quantitative estimate of drug-likeness (QED) is 0.738. The Labute approximate surface area is 87.4 Å². The lowest BCUT2D eigenvalue weighted by Gasteiger charge is -2.40. The van der Waals surface area contributed by atoms with Gasteiger partial charge in [-0.3, -0.25) is 4.79 Å². The highest BCUT2D eigenvalue weighted by Gasteiger charge is 2.37. The summed E-state index contributed by atoms with van der Waals surface area (Å²) in [5.41, 5.74) is 0.153. The van der Waals surface area contributed by atoms with Gasteiger partial charge in [-0.1, -0.05) is 0 Å². The zero-order valence-electron chi connectivity index (χ0n) is 8.62. The van der Waals surface area contributed by atoms with Gasteiger partial charge in [0.2, 0.25) is 0 Å². The van der Waals surface area contributed by atoms with Gasteiger partial charge in [0, 0.05) is 13.7 Å². The number of nitrogens with zero attached hydrogens (tertiary/aromatic N) is 2. The summed E-state index contributed by atoms with van der Waals surface area (Å²) in [5, 5.41) is 12.5. The number of nitrogens with one attached hydrogen (secondary N) is 2. The van der Waals surface area contributed by atoms with Crippen LogP contribution in [-0.4, -0.2) is 40.6 Å². The minimum atomic E-state index is -0.216. The molecular weight excluding hydrogens is 196 g/mol. The van der Waals surface area contributed by atoms with Crippen LogP contribution in [0, 0.1) is 0 Å². The second kappa shape index (κ2) is 3.98. The Morgan fingerprint density at radius 1 is 1.73 bits per heavy atom. The average Bonchev–Trinajstić information content (AvgIpc) is 2.69. The molecule has 82 valence electrons. The van der Waals surface area contributed by atoms with E-state index in [2.05, 4.69) is 20.7 Å². The largest absolute Gasteiger partial charge is 0.376 e. The Morgan fingerprint density at radius 2 is 2.53 bits per heavy atom. The second-order valence-electron chi connectivity index (χ2n) is 3.78. The molecule has 6 nitrogen and oxygen atoms in total. The maximum atomic E-state index is 11.5. The Kier molecular flexibility index (Phi) is 2.68. The molecule has 1 aromatic heterocycles. The fourth-order valence-electron chi connectivity index (χ4n) is 1.67. The van der Waals surface area contributed by atoms with Gasteiger partial charge in [0.25, 0.3) is 5.91 Å². The molecule has 0 unspecified atom stereocenters. The standard InChI is InChI=1S/C9H14N4O2/c1-15-9(3-2-4-9)6-10-8(14)7-5-11-13-12-7/h5H,2-4,6H2,1H3,(H,10,14)(H,11,12,13). The van der Waals surface area contributed by atoms with E-state index in [1.807, 2.05) is 0 Å². The van der Waals surface area contributed by atoms with E-state index in [4.69, 9.17) is 4.74 Å². The Balaban J connectivity index is 1.85. The van der Waals surface area contributed by atoms with Gasteiger partial charge in [-0.2, -0.15) is 15.4 Å². The first-order valence-electron chi connectivity index (χ1n) is 4.95. The van der Waals surface area contributed by atoms with E-state index in [0.717, 1.165) is 19.3 Å². The SMILES string of the molecule is COC1(CNC(=O)c2cn[nH]n2)CCC1. The van der Waals surface area contributed by atoms with Crippen LogP contribution in [0.5, 0.6) is 0 Å². The summed E-state index contributed by atoms with van der Waals surface area (Å²) in [6, 6.07) is 0. The number of ether oxygens (including phenoxy) is 1. The van der Waals surface area contributed by atoms with Crippen molar-refractivity contribution < 1.29 is 9.53 Å². The highest BCUT2D eigenvalue weighted by molar-refractivity contribution is 5.91. The van der Waals surface area contributed by atoms with Gasteiger partial charge in [-0.05, 0) is 19.3 Å². The second-order valence-corrected chi connectivity index (χ2v) is 3.78. The molecule has 0 aliphatic heterocycles. The van der Waals surface area contributed by atoms with Crippen molar-refractivity contribution in [2.75, 3.05) is 13.7 Å². The molecule has 0 spiro atoms. The predicted octanol–water partition coefficient (Wildman–Crippen LogP) is 0.104. The van der Waals surface area contributed by atoms with Gasteiger partial charge in [0.15, 0.2) is 5.69 Å². The van der Waals surface area contributed by atoms with E-state index in [-0.39, 0.29) is 11.5 Å². The Hall–Kier alpha value is -1.43. The molecule has 0 bridgehead atoms. The zero-order valence-corrected chi connectivity index (χ0v) is 8.62. The van der Waals surface area contributed by atoms with Gasteiger partial charge >= 0.3 is 0 Å². The molecule has 1 aliphatic rings. The topological polar surface area (TPSA) is 79.9 Å². The fraction of sp³-hybridized carbons (Fsp3) is 0.667. The van der Waals surface area contributed by atoms with Crippen LogP contribution in [0.25, 0.3) is 0 Å². The molecule has 1 fully saturated rings. The van der Waals surface area contributed by atoms with Crippen LogP contribution >= 0.6 is 0 Å². The highest BCUT2D eigenvalue weighted by Crippen LogP contribution is 2.34. The van der Waals surface area contributed by atoms with Gasteiger partial charge in [-0.15, -0.1) is 0 Å². The number of hydrogen-bond acceptors (Lipinski definition) is 4. The van der Waals surface area contributed by atoms with Crippen molar-refractivity contribution >= 4 is 5.91 Å². The zero-order chi connectivity index (χ0) is 10.7. The number of H-pyrrole nitrogens is 1. The summed E-state index contributed by atoms with van der Waals surface area (Å²) in [5.74, 6) is -0.216. The molecule has 6 heteroatoms. The Morgan fingerprint density at radius 3 is 3.00 bits per heavy atom. The van der Waals surface area contributed by atoms with Crippen molar-refractivity contribution in [3.05, 3.63) is 11.9 Å². The van der Waals surface area contributed by atoms with Crippen LogP contribution in [0.4, 0.5) is 0 Å². The van der Waals surface area contributed by atoms with Crippen LogP contribution in [0.1, 0.15) is 29.8 Å². The normalized spacial score (nSPS) is 18.2. The van der Waals surface area contributed by atoms with Crippen molar-refractivity contribution in [1.82, 2.24) is 20.7 Å². The minimum Gasteiger partial charge on any atom is -0.376 e. The number of hydrogen-bond donors (Lipinski definition) is 2. The van der Waals surface area contributed by atoms with Crippen molar-refractivity contribution in [3.63, 3.8) is 0 Å². The molecule has 1 aromatic rings. The summed E-state index contributed by atoms with van der Waals surface area (Å²) >= 11 is 0. The van der Waals surface area contributed by atoms with Crippen molar-refractivity contribution in [1.29, 1.82) is 0 Å². The lowest BCUT2D eigenvalue weighted by Crippen LogP contribution is -2.49. The fourth-order valence-corrected chi connectivity index (χ4v) is 1.67. The van der Waals surface area contributed by atoms with E-state index in [1.165, 1.54) is 6.20 Å². The van der Waals surface area contributed by atoms with E-state index in [1.54, 1.807) is 7.11 Å². The monoisotopic (exact) mass is 210 g/mol. The first-order chi connectivity index (χ1) is 7.26. The summed E-state index contributed by atoms with van der Waals surface area (Å²) in [4.78, 5) is 11.5. The molecule has 1 saturated carbocycles. The maximum Gasteiger partial charge on any atom is 0.273 e. The summed E-state index contributed by atoms with van der Waals surface area (Å²) in [7, 11) is 1.68. The first-order valence-corrected chi connectivity index (χ1v) is 4.95. The summed E-state index contributed by atoms with van der Waals surface area (Å²) in [6.45, 7) is 0.537. The molecule has 2 N–H and O–H groups in total. The van der Waals surface area contributed by atoms with E-state index in [0.29, 0.717) is 12.2 Å². The number of aromatic nitrogens is 3.